The van der Waals surface area contributed by atoms with E-state index in [4.69, 9.17) is 5.26 Å². The number of halogens is 1. The number of nitrogens with zero attached hydrogens (tertiary/aromatic N) is 2. The summed E-state index contributed by atoms with van der Waals surface area (Å²) >= 11 is -2.33. The highest BCUT2D eigenvalue weighted by atomic mass is 32.2. The van der Waals surface area contributed by atoms with Gasteiger partial charge >= 0.3 is 0 Å². The summed E-state index contributed by atoms with van der Waals surface area (Å²) in [5.74, 6) is -0.876. The second-order valence-electron chi connectivity index (χ2n) is 6.15. The molecule has 0 saturated carbocycles. The van der Waals surface area contributed by atoms with Crippen molar-refractivity contribution in [2.45, 2.75) is 12.8 Å². The topological polar surface area (TPSA) is 106 Å². The Kier molecular flexibility index (Phi) is 6.21. The van der Waals surface area contributed by atoms with Gasteiger partial charge in [-0.3, -0.25) is 14.0 Å². The van der Waals surface area contributed by atoms with Crippen LogP contribution in [0.5, 0.6) is 0 Å². The van der Waals surface area contributed by atoms with E-state index in [1.165, 1.54) is 18.3 Å². The summed E-state index contributed by atoms with van der Waals surface area (Å²) in [5.41, 5.74) is 2.22. The van der Waals surface area contributed by atoms with Crippen LogP contribution in [-0.4, -0.2) is 26.1 Å². The molecule has 0 aliphatic carbocycles. The smallest absolute Gasteiger partial charge is 0.193 e. The van der Waals surface area contributed by atoms with Crippen molar-refractivity contribution >= 4 is 28.0 Å². The SMILES string of the molecule is N#Cc1cnc2ccc(C(=O)c3cc(F)cc(CCCNS(=O)[O-])c3)cc2c1. The van der Waals surface area contributed by atoms with Gasteiger partial charge in [-0.2, -0.15) is 5.26 Å². The maximum atomic E-state index is 14.0. The zero-order chi connectivity index (χ0) is 20.1. The van der Waals surface area contributed by atoms with Crippen LogP contribution < -0.4 is 4.72 Å². The zero-order valence-corrected chi connectivity index (χ0v) is 15.5. The number of benzene rings is 2. The summed E-state index contributed by atoms with van der Waals surface area (Å²) in [7, 11) is 0. The second-order valence-corrected chi connectivity index (χ2v) is 6.91. The third-order valence-corrected chi connectivity index (χ3v) is 4.59. The number of pyridine rings is 1. The molecule has 0 fully saturated rings. The van der Waals surface area contributed by atoms with Gasteiger partial charge in [0.1, 0.15) is 11.9 Å². The van der Waals surface area contributed by atoms with Crippen molar-refractivity contribution in [1.82, 2.24) is 9.71 Å². The van der Waals surface area contributed by atoms with Crippen LogP contribution in [-0.2, 0) is 17.7 Å². The molecule has 0 aliphatic rings. The number of rotatable bonds is 7. The molecule has 0 aliphatic heterocycles. The largest absolute Gasteiger partial charge is 0.760 e. The Bertz CT molecular complexity index is 1110. The van der Waals surface area contributed by atoms with Crippen LogP contribution in [0.15, 0.2) is 48.7 Å². The summed E-state index contributed by atoms with van der Waals surface area (Å²) in [4.78, 5) is 17.0. The predicted molar refractivity (Wildman–Crippen MR) is 102 cm³/mol. The van der Waals surface area contributed by atoms with Gasteiger partial charge in [0.25, 0.3) is 0 Å². The van der Waals surface area contributed by atoms with E-state index >= 15 is 0 Å². The first-order valence-corrected chi connectivity index (χ1v) is 9.50. The molecule has 1 atom stereocenters. The van der Waals surface area contributed by atoms with Gasteiger partial charge in [0.2, 0.25) is 0 Å². The Balaban J connectivity index is 1.84. The number of nitrogens with one attached hydrogen (secondary N) is 1. The molecule has 3 rings (SSSR count). The van der Waals surface area contributed by atoms with E-state index in [-0.39, 0.29) is 17.9 Å². The molecule has 1 heterocycles. The van der Waals surface area contributed by atoms with E-state index in [1.54, 1.807) is 30.3 Å². The summed E-state index contributed by atoms with van der Waals surface area (Å²) in [6, 6.07) is 12.7. The van der Waals surface area contributed by atoms with E-state index in [1.807, 2.05) is 6.07 Å². The van der Waals surface area contributed by atoms with Gasteiger partial charge in [-0.25, -0.2) is 9.11 Å². The van der Waals surface area contributed by atoms with Crippen LogP contribution in [0.4, 0.5) is 4.39 Å². The van der Waals surface area contributed by atoms with Crippen LogP contribution in [0.2, 0.25) is 0 Å². The number of carbonyl (C=O) groups excluding carboxylic acids is 1. The van der Waals surface area contributed by atoms with E-state index in [2.05, 4.69) is 9.71 Å². The molecule has 1 aromatic heterocycles. The zero-order valence-electron chi connectivity index (χ0n) is 14.6. The van der Waals surface area contributed by atoms with Crippen molar-refractivity contribution in [1.29, 1.82) is 5.26 Å². The third-order valence-electron chi connectivity index (χ3n) is 4.15. The molecular weight excluding hydrogens is 381 g/mol. The second kappa shape index (κ2) is 8.80. The van der Waals surface area contributed by atoms with Gasteiger partial charge in [0, 0.05) is 40.5 Å². The molecule has 0 radical (unpaired) electrons. The van der Waals surface area contributed by atoms with Crippen LogP contribution in [0.3, 0.4) is 0 Å². The molecule has 0 spiro atoms. The average molecular weight is 396 g/mol. The Hall–Kier alpha value is -2.99. The van der Waals surface area contributed by atoms with Crippen molar-refractivity contribution in [2.75, 3.05) is 6.54 Å². The quantitative estimate of drug-likeness (QED) is 0.375. The number of carbonyl (C=O) groups is 1. The molecule has 0 bridgehead atoms. The highest BCUT2D eigenvalue weighted by Gasteiger charge is 2.13. The average Bonchev–Trinajstić information content (AvgIpc) is 2.69. The molecule has 6 nitrogen and oxygen atoms in total. The molecular formula is C20H15FN3O3S-. The fraction of sp³-hybridized carbons (Fsp3) is 0.150. The summed E-state index contributed by atoms with van der Waals surface area (Å²) < 4.78 is 37.1. The van der Waals surface area contributed by atoms with E-state index in [0.717, 1.165) is 0 Å². The summed E-state index contributed by atoms with van der Waals surface area (Å²) in [6.07, 6.45) is 2.36. The first-order chi connectivity index (χ1) is 13.5. The maximum Gasteiger partial charge on any atom is 0.193 e. The number of hydrogen-bond donors (Lipinski definition) is 1. The lowest BCUT2D eigenvalue weighted by molar-refractivity contribution is 0.103. The molecule has 0 saturated heterocycles. The molecule has 8 heteroatoms. The van der Waals surface area contributed by atoms with Crippen molar-refractivity contribution in [2.24, 2.45) is 0 Å². The van der Waals surface area contributed by atoms with Gasteiger partial charge in [-0.1, -0.05) is 0 Å². The predicted octanol–water partition coefficient (Wildman–Crippen LogP) is 2.79. The minimum atomic E-state index is -2.33. The van der Waals surface area contributed by atoms with Gasteiger partial charge in [0.05, 0.1) is 11.1 Å². The summed E-state index contributed by atoms with van der Waals surface area (Å²) in [5, 5.41) is 9.65. The molecule has 1 N–H and O–H groups in total. The van der Waals surface area contributed by atoms with Crippen molar-refractivity contribution < 1.29 is 17.9 Å². The fourth-order valence-corrected chi connectivity index (χ4v) is 3.19. The monoisotopic (exact) mass is 396 g/mol. The Labute approximate surface area is 163 Å². The van der Waals surface area contributed by atoms with E-state index < -0.39 is 17.1 Å². The maximum absolute atomic E-state index is 14.0. The van der Waals surface area contributed by atoms with Crippen molar-refractivity contribution in [3.63, 3.8) is 0 Å². The van der Waals surface area contributed by atoms with Crippen LogP contribution in [0, 0.1) is 17.1 Å². The van der Waals surface area contributed by atoms with Gasteiger partial charge < -0.3 is 4.55 Å². The molecule has 142 valence electrons. The Morgan fingerprint density at radius 1 is 1.21 bits per heavy atom. The van der Waals surface area contributed by atoms with E-state index in [9.17, 15) is 17.9 Å². The lowest BCUT2D eigenvalue weighted by Gasteiger charge is -2.09. The molecule has 1 unspecified atom stereocenters. The fourth-order valence-electron chi connectivity index (χ4n) is 2.87. The molecule has 0 amide bonds. The molecule has 3 aromatic rings. The van der Waals surface area contributed by atoms with Gasteiger partial charge in [-0.05, 0) is 60.9 Å². The normalized spacial score (nSPS) is 11.9. The van der Waals surface area contributed by atoms with Crippen LogP contribution >= 0.6 is 0 Å². The minimum absolute atomic E-state index is 0.208. The minimum Gasteiger partial charge on any atom is -0.760 e. The molecule has 2 aromatic carbocycles. The number of hydrogen-bond acceptors (Lipinski definition) is 5. The van der Waals surface area contributed by atoms with Crippen LogP contribution in [0.1, 0.15) is 33.5 Å². The van der Waals surface area contributed by atoms with Gasteiger partial charge in [-0.15, -0.1) is 0 Å². The number of aryl methyl sites for hydroxylation is 1. The van der Waals surface area contributed by atoms with Crippen molar-refractivity contribution in [3.8, 4) is 6.07 Å². The lowest BCUT2D eigenvalue weighted by Crippen LogP contribution is -2.18. The third kappa shape index (κ3) is 4.84. The highest BCUT2D eigenvalue weighted by molar-refractivity contribution is 7.77. The first-order valence-electron chi connectivity index (χ1n) is 8.43. The number of aromatic nitrogens is 1. The summed E-state index contributed by atoms with van der Waals surface area (Å²) in [6.45, 7) is 0.231. The number of fused-ring (bicyclic) bond motifs is 1. The van der Waals surface area contributed by atoms with E-state index in [0.29, 0.717) is 40.4 Å². The Morgan fingerprint density at radius 2 is 2.04 bits per heavy atom. The number of nitriles is 1. The highest BCUT2D eigenvalue weighted by Crippen LogP contribution is 2.20. The Morgan fingerprint density at radius 3 is 2.79 bits per heavy atom. The molecule has 28 heavy (non-hydrogen) atoms. The number of ketones is 1. The van der Waals surface area contributed by atoms with Crippen LogP contribution in [0.25, 0.3) is 10.9 Å². The lowest BCUT2D eigenvalue weighted by atomic mass is 9.98. The van der Waals surface area contributed by atoms with Crippen molar-refractivity contribution in [3.05, 3.63) is 76.7 Å². The first kappa shape index (κ1) is 19.8. The van der Waals surface area contributed by atoms with Gasteiger partial charge in [0.15, 0.2) is 5.78 Å². The standard InChI is InChI=1S/C20H16FN3O3S/c21-18-8-13(2-1-5-24-28(26)27)6-17(10-18)20(25)15-3-4-19-16(9-15)7-14(11-22)12-23-19/h3-4,6-10,12,24H,1-2,5H2,(H,26,27)/p-1.